The van der Waals surface area contributed by atoms with Gasteiger partial charge in [0.15, 0.2) is 0 Å². The molecule has 1 N–H and O–H groups in total. The van der Waals surface area contributed by atoms with E-state index in [0.717, 1.165) is 9.78 Å². The molecule has 6 heteroatoms. The van der Waals surface area contributed by atoms with Crippen LogP contribution in [0, 0.1) is 0 Å². The number of nitrogens with zero attached hydrogens (tertiary/aromatic N) is 1. The topological polar surface area (TPSA) is 40.5 Å². The molecule has 0 aliphatic rings. The lowest BCUT2D eigenvalue weighted by molar-refractivity contribution is -0.132. The summed E-state index contributed by atoms with van der Waals surface area (Å²) >= 11 is 1.41. The molecule has 90 valence electrons. The fraction of sp³-hybridized carbons (Fsp3) is 0.500. The smallest absolute Gasteiger partial charge is 0.255 e. The summed E-state index contributed by atoms with van der Waals surface area (Å²) < 4.78 is 24.3. The molecule has 0 unspecified atom stereocenters. The Morgan fingerprint density at radius 1 is 1.56 bits per heavy atom. The molecule has 1 aromatic heterocycles. The third kappa shape index (κ3) is 4.24. The van der Waals surface area contributed by atoms with Gasteiger partial charge in [-0.3, -0.25) is 4.79 Å². The van der Waals surface area contributed by atoms with Gasteiger partial charge in [0.1, 0.15) is 0 Å². The average molecular weight is 249 g/mol. The maximum absolute atomic E-state index is 12.2. The van der Waals surface area contributed by atoms with E-state index >= 15 is 0 Å². The maximum Gasteiger partial charge on any atom is 0.255 e. The average Bonchev–Trinajstić information content (AvgIpc) is 2.69. The van der Waals surface area contributed by atoms with Crippen LogP contribution < -0.4 is 0 Å². The van der Waals surface area contributed by atoms with Crippen LogP contribution in [0.2, 0.25) is 0 Å². The number of halogens is 2. The minimum atomic E-state index is -2.57. The standard InChI is InChI=1S/C10H13F2NO2S/c11-9(12)7-13(3-4-14)10(15)6-8-2-1-5-16-8/h1-2,5,9,14H,3-4,6-7H2. The van der Waals surface area contributed by atoms with Gasteiger partial charge in [0.25, 0.3) is 6.43 Å². The molecular weight excluding hydrogens is 236 g/mol. The summed E-state index contributed by atoms with van der Waals surface area (Å²) in [6.07, 6.45) is -2.46. The van der Waals surface area contributed by atoms with Crippen molar-refractivity contribution < 1.29 is 18.7 Å². The quantitative estimate of drug-likeness (QED) is 0.827. The Morgan fingerprint density at radius 2 is 2.31 bits per heavy atom. The number of carbonyl (C=O) groups excluding carboxylic acids is 1. The van der Waals surface area contributed by atoms with E-state index in [0.29, 0.717) is 0 Å². The monoisotopic (exact) mass is 249 g/mol. The predicted octanol–water partition coefficient (Wildman–Crippen LogP) is 1.38. The van der Waals surface area contributed by atoms with Crippen molar-refractivity contribution in [1.29, 1.82) is 0 Å². The Bertz CT molecular complexity index is 317. The second-order valence-corrected chi connectivity index (χ2v) is 4.24. The van der Waals surface area contributed by atoms with Gasteiger partial charge >= 0.3 is 0 Å². The minimum Gasteiger partial charge on any atom is -0.395 e. The molecule has 1 rings (SSSR count). The van der Waals surface area contributed by atoms with Gasteiger partial charge < -0.3 is 10.0 Å². The highest BCUT2D eigenvalue weighted by Crippen LogP contribution is 2.11. The van der Waals surface area contributed by atoms with Crippen LogP contribution in [0.1, 0.15) is 4.88 Å². The van der Waals surface area contributed by atoms with Gasteiger partial charge in [0.05, 0.1) is 19.6 Å². The second kappa shape index (κ2) is 6.55. The van der Waals surface area contributed by atoms with E-state index in [9.17, 15) is 13.6 Å². The molecule has 0 aromatic carbocycles. The summed E-state index contributed by atoms with van der Waals surface area (Å²) in [7, 11) is 0. The number of aliphatic hydroxyl groups excluding tert-OH is 1. The van der Waals surface area contributed by atoms with Crippen molar-refractivity contribution >= 4 is 17.2 Å². The summed E-state index contributed by atoms with van der Waals surface area (Å²) in [4.78, 5) is 13.5. The molecule has 0 atom stereocenters. The van der Waals surface area contributed by atoms with Crippen molar-refractivity contribution in [3.8, 4) is 0 Å². The van der Waals surface area contributed by atoms with Crippen molar-refractivity contribution in [2.45, 2.75) is 12.8 Å². The zero-order valence-electron chi connectivity index (χ0n) is 8.60. The van der Waals surface area contributed by atoms with E-state index < -0.39 is 13.0 Å². The van der Waals surface area contributed by atoms with Crippen LogP contribution in [0.25, 0.3) is 0 Å². The van der Waals surface area contributed by atoms with Crippen LogP contribution in [0.15, 0.2) is 17.5 Å². The van der Waals surface area contributed by atoms with Crippen molar-refractivity contribution in [2.24, 2.45) is 0 Å². The normalized spacial score (nSPS) is 10.8. The van der Waals surface area contributed by atoms with Crippen LogP contribution in [0.4, 0.5) is 8.78 Å². The van der Waals surface area contributed by atoms with E-state index in [1.54, 1.807) is 12.1 Å². The first-order chi connectivity index (χ1) is 7.63. The Morgan fingerprint density at radius 3 is 2.81 bits per heavy atom. The molecule has 0 spiro atoms. The molecular formula is C10H13F2NO2S. The minimum absolute atomic E-state index is 0.0471. The Hall–Kier alpha value is -1.01. The summed E-state index contributed by atoms with van der Waals surface area (Å²) in [6, 6.07) is 3.58. The first-order valence-corrected chi connectivity index (χ1v) is 5.70. The van der Waals surface area contributed by atoms with Gasteiger partial charge in [-0.25, -0.2) is 8.78 Å². The van der Waals surface area contributed by atoms with Crippen LogP contribution in [0.5, 0.6) is 0 Å². The lowest BCUT2D eigenvalue weighted by Gasteiger charge is -2.20. The van der Waals surface area contributed by atoms with Gasteiger partial charge in [0, 0.05) is 11.4 Å². The first kappa shape index (κ1) is 13.1. The largest absolute Gasteiger partial charge is 0.395 e. The highest BCUT2D eigenvalue weighted by molar-refractivity contribution is 7.10. The zero-order chi connectivity index (χ0) is 12.0. The highest BCUT2D eigenvalue weighted by atomic mass is 32.1. The van der Waals surface area contributed by atoms with E-state index in [-0.39, 0.29) is 25.5 Å². The van der Waals surface area contributed by atoms with Gasteiger partial charge in [-0.05, 0) is 11.4 Å². The summed E-state index contributed by atoms with van der Waals surface area (Å²) in [5.41, 5.74) is 0. The molecule has 0 aliphatic heterocycles. The fourth-order valence-electron chi connectivity index (χ4n) is 1.28. The molecule has 0 saturated heterocycles. The van der Waals surface area contributed by atoms with Gasteiger partial charge in [-0.2, -0.15) is 0 Å². The van der Waals surface area contributed by atoms with E-state index in [1.807, 2.05) is 5.38 Å². The predicted molar refractivity (Wildman–Crippen MR) is 57.7 cm³/mol. The molecule has 1 heterocycles. The molecule has 0 aliphatic carbocycles. The van der Waals surface area contributed by atoms with Gasteiger partial charge in [0.2, 0.25) is 5.91 Å². The third-order valence-electron chi connectivity index (χ3n) is 1.99. The number of rotatable bonds is 6. The van der Waals surface area contributed by atoms with Crippen molar-refractivity contribution in [3.63, 3.8) is 0 Å². The molecule has 0 radical (unpaired) electrons. The van der Waals surface area contributed by atoms with E-state index in [4.69, 9.17) is 5.11 Å². The molecule has 1 amide bonds. The van der Waals surface area contributed by atoms with Crippen LogP contribution in [0.3, 0.4) is 0 Å². The lowest BCUT2D eigenvalue weighted by atomic mass is 10.3. The molecule has 0 saturated carbocycles. The molecule has 16 heavy (non-hydrogen) atoms. The van der Waals surface area contributed by atoms with Crippen LogP contribution in [-0.4, -0.2) is 42.0 Å². The first-order valence-electron chi connectivity index (χ1n) is 4.82. The Labute approximate surface area is 96.3 Å². The van der Waals surface area contributed by atoms with Crippen LogP contribution >= 0.6 is 11.3 Å². The van der Waals surface area contributed by atoms with Gasteiger partial charge in [-0.15, -0.1) is 11.3 Å². The second-order valence-electron chi connectivity index (χ2n) is 3.21. The van der Waals surface area contributed by atoms with E-state index in [2.05, 4.69) is 0 Å². The van der Waals surface area contributed by atoms with Crippen molar-refractivity contribution in [3.05, 3.63) is 22.4 Å². The SMILES string of the molecule is O=C(Cc1cccs1)N(CCO)CC(F)F. The molecule has 1 aromatic rings. The van der Waals surface area contributed by atoms with Crippen molar-refractivity contribution in [1.82, 2.24) is 4.90 Å². The number of alkyl halides is 2. The Balaban J connectivity index is 2.53. The number of aliphatic hydroxyl groups is 1. The van der Waals surface area contributed by atoms with Crippen molar-refractivity contribution in [2.75, 3.05) is 19.7 Å². The third-order valence-corrected chi connectivity index (χ3v) is 2.86. The number of hydrogen-bond donors (Lipinski definition) is 1. The zero-order valence-corrected chi connectivity index (χ0v) is 9.42. The van der Waals surface area contributed by atoms with E-state index in [1.165, 1.54) is 11.3 Å². The molecule has 0 fully saturated rings. The number of hydrogen-bond acceptors (Lipinski definition) is 3. The van der Waals surface area contributed by atoms with Gasteiger partial charge in [-0.1, -0.05) is 6.07 Å². The lowest BCUT2D eigenvalue weighted by Crippen LogP contribution is -2.38. The number of thiophene rings is 1. The van der Waals surface area contributed by atoms with Crippen LogP contribution in [-0.2, 0) is 11.2 Å². The Kier molecular flexibility index (Phi) is 5.34. The summed E-state index contributed by atoms with van der Waals surface area (Å²) in [6.45, 7) is -0.970. The summed E-state index contributed by atoms with van der Waals surface area (Å²) in [5, 5.41) is 10.5. The maximum atomic E-state index is 12.2. The summed E-state index contributed by atoms with van der Waals surface area (Å²) in [5.74, 6) is -0.378. The molecule has 0 bridgehead atoms. The number of amides is 1. The fourth-order valence-corrected chi connectivity index (χ4v) is 1.97. The number of carbonyl (C=O) groups is 1. The highest BCUT2D eigenvalue weighted by Gasteiger charge is 2.18. The molecule has 3 nitrogen and oxygen atoms in total.